The second kappa shape index (κ2) is 7.92. The van der Waals surface area contributed by atoms with Crippen molar-refractivity contribution >= 4 is 54.6 Å². The fraction of sp³-hybridized carbons (Fsp3) is 0.0270. The van der Waals surface area contributed by atoms with Gasteiger partial charge in [0.25, 0.3) is 0 Å². The Hall–Kier alpha value is -4.23. The number of hydrogen-bond acceptors (Lipinski definition) is 2. The van der Waals surface area contributed by atoms with Crippen molar-refractivity contribution in [2.24, 2.45) is 0 Å². The van der Waals surface area contributed by atoms with Crippen molar-refractivity contribution in [3.63, 3.8) is 0 Å². The second-order valence-electron chi connectivity index (χ2n) is 10.7. The van der Waals surface area contributed by atoms with E-state index >= 15 is 4.57 Å². The molecule has 0 amide bonds. The second-order valence-corrected chi connectivity index (χ2v) is 14.5. The van der Waals surface area contributed by atoms with Crippen LogP contribution in [0.1, 0.15) is 22.3 Å². The van der Waals surface area contributed by atoms with E-state index in [0.29, 0.717) is 0 Å². The SMILES string of the molecule is O=P1(c2ccccc2)c2cccc3c2-c2c1ccc1sc4cccc(c4c21)C3(c1ccccc1)c1ccccc1. The molecule has 1 aromatic heterocycles. The molecular formula is C37H23OPS. The van der Waals surface area contributed by atoms with Crippen molar-refractivity contribution in [2.45, 2.75) is 5.41 Å². The third kappa shape index (κ3) is 2.57. The Morgan fingerprint density at radius 1 is 0.475 bits per heavy atom. The highest BCUT2D eigenvalue weighted by Gasteiger charge is 2.50. The third-order valence-corrected chi connectivity index (χ3v) is 13.2. The molecule has 0 saturated carbocycles. The Labute approximate surface area is 236 Å². The van der Waals surface area contributed by atoms with Crippen molar-refractivity contribution in [2.75, 3.05) is 0 Å². The van der Waals surface area contributed by atoms with E-state index in [9.17, 15) is 0 Å². The predicted molar refractivity (Wildman–Crippen MR) is 170 cm³/mol. The lowest BCUT2D eigenvalue weighted by Gasteiger charge is -2.38. The fourth-order valence-corrected chi connectivity index (χ4v) is 11.7. The molecule has 1 aliphatic heterocycles. The predicted octanol–water partition coefficient (Wildman–Crippen LogP) is 8.37. The summed E-state index contributed by atoms with van der Waals surface area (Å²) in [6.45, 7) is 0. The molecule has 2 aliphatic rings. The molecule has 1 atom stereocenters. The maximum absolute atomic E-state index is 15.6. The normalized spacial score (nSPS) is 17.9. The molecular weight excluding hydrogens is 523 g/mol. The van der Waals surface area contributed by atoms with Gasteiger partial charge in [0, 0.05) is 41.6 Å². The van der Waals surface area contributed by atoms with Crippen LogP contribution in [0.5, 0.6) is 0 Å². The Kier molecular flexibility index (Phi) is 4.47. The van der Waals surface area contributed by atoms with Gasteiger partial charge in [-0.05, 0) is 46.0 Å². The first kappa shape index (κ1) is 22.6. The first-order valence-corrected chi connectivity index (χ1v) is 16.2. The fourth-order valence-electron chi connectivity index (χ4n) is 7.46. The minimum Gasteiger partial charge on any atom is -0.309 e. The van der Waals surface area contributed by atoms with Gasteiger partial charge in [-0.3, -0.25) is 0 Å². The Bertz CT molecular complexity index is 2140. The van der Waals surface area contributed by atoms with Crippen LogP contribution in [-0.4, -0.2) is 0 Å². The lowest BCUT2D eigenvalue weighted by atomic mass is 9.64. The van der Waals surface area contributed by atoms with Crippen molar-refractivity contribution in [3.05, 3.63) is 162 Å². The maximum Gasteiger partial charge on any atom is 0.172 e. The molecule has 188 valence electrons. The summed E-state index contributed by atoms with van der Waals surface area (Å²) in [6.07, 6.45) is 0. The molecule has 1 aliphatic carbocycles. The Morgan fingerprint density at radius 2 is 1.05 bits per heavy atom. The lowest BCUT2D eigenvalue weighted by molar-refractivity contribution is 0.593. The number of thiophene rings is 1. The van der Waals surface area contributed by atoms with Crippen LogP contribution in [0.15, 0.2) is 140 Å². The smallest absolute Gasteiger partial charge is 0.172 e. The Balaban J connectivity index is 1.60. The largest absolute Gasteiger partial charge is 0.309 e. The zero-order chi connectivity index (χ0) is 26.5. The van der Waals surface area contributed by atoms with Crippen molar-refractivity contribution in [1.82, 2.24) is 0 Å². The van der Waals surface area contributed by atoms with Crippen LogP contribution in [0.3, 0.4) is 0 Å². The molecule has 0 radical (unpaired) electrons. The molecule has 9 rings (SSSR count). The van der Waals surface area contributed by atoms with Crippen LogP contribution in [0.2, 0.25) is 0 Å². The first-order valence-electron chi connectivity index (χ1n) is 13.6. The van der Waals surface area contributed by atoms with Gasteiger partial charge >= 0.3 is 0 Å². The van der Waals surface area contributed by atoms with Gasteiger partial charge < -0.3 is 4.57 Å². The van der Waals surface area contributed by atoms with Crippen molar-refractivity contribution in [1.29, 1.82) is 0 Å². The van der Waals surface area contributed by atoms with E-state index in [1.807, 2.05) is 41.7 Å². The summed E-state index contributed by atoms with van der Waals surface area (Å²) < 4.78 is 18.1. The van der Waals surface area contributed by atoms with Crippen molar-refractivity contribution < 1.29 is 4.57 Å². The summed E-state index contributed by atoms with van der Waals surface area (Å²) in [7, 11) is -3.09. The number of benzene rings is 6. The number of hydrogen-bond donors (Lipinski definition) is 0. The summed E-state index contributed by atoms with van der Waals surface area (Å²) in [4.78, 5) is 0. The van der Waals surface area contributed by atoms with Crippen LogP contribution >= 0.6 is 18.5 Å². The van der Waals surface area contributed by atoms with Gasteiger partial charge in [-0.15, -0.1) is 11.3 Å². The Morgan fingerprint density at radius 3 is 1.75 bits per heavy atom. The van der Waals surface area contributed by atoms with Gasteiger partial charge in [0.2, 0.25) is 0 Å². The monoisotopic (exact) mass is 546 g/mol. The molecule has 0 saturated heterocycles. The zero-order valence-electron chi connectivity index (χ0n) is 21.5. The third-order valence-electron chi connectivity index (χ3n) is 8.95. The van der Waals surface area contributed by atoms with E-state index in [-0.39, 0.29) is 0 Å². The minimum atomic E-state index is -3.09. The van der Waals surface area contributed by atoms with Gasteiger partial charge in [-0.1, -0.05) is 121 Å². The topological polar surface area (TPSA) is 17.1 Å². The summed E-state index contributed by atoms with van der Waals surface area (Å²) in [5, 5.41) is 5.37. The highest BCUT2D eigenvalue weighted by molar-refractivity contribution is 7.86. The van der Waals surface area contributed by atoms with E-state index in [2.05, 4.69) is 109 Å². The molecule has 0 fully saturated rings. The highest BCUT2D eigenvalue weighted by atomic mass is 32.1. The molecule has 0 N–H and O–H groups in total. The zero-order valence-corrected chi connectivity index (χ0v) is 23.3. The van der Waals surface area contributed by atoms with Crippen molar-refractivity contribution in [3.8, 4) is 11.1 Å². The molecule has 7 aromatic rings. The standard InChI is InChI=1S/C37H23OPS/c38-39(26-16-8-3-9-17-26)29-20-10-18-27-33(29)35-30(39)22-23-32-36(35)34-28(19-11-21-31(34)40-32)37(27,24-12-4-1-5-13-24)25-14-6-2-7-15-25/h1-23H. The summed E-state index contributed by atoms with van der Waals surface area (Å²) in [5.74, 6) is 0. The van der Waals surface area contributed by atoms with Gasteiger partial charge in [-0.2, -0.15) is 0 Å². The molecule has 1 unspecified atom stereocenters. The van der Waals surface area contributed by atoms with Gasteiger partial charge in [0.05, 0.1) is 5.41 Å². The molecule has 2 heterocycles. The molecule has 0 bridgehead atoms. The van der Waals surface area contributed by atoms with Crippen LogP contribution in [0, 0.1) is 0 Å². The van der Waals surface area contributed by atoms with E-state index in [1.165, 1.54) is 48.0 Å². The first-order chi connectivity index (χ1) is 19.7. The highest BCUT2D eigenvalue weighted by Crippen LogP contribution is 2.62. The summed E-state index contributed by atoms with van der Waals surface area (Å²) in [6, 6.07) is 49.6. The average molecular weight is 547 g/mol. The molecule has 6 aromatic carbocycles. The van der Waals surface area contributed by atoms with Gasteiger partial charge in [0.15, 0.2) is 7.14 Å². The minimum absolute atomic E-state index is 0.580. The van der Waals surface area contributed by atoms with E-state index < -0.39 is 12.6 Å². The van der Waals surface area contributed by atoms with Crippen LogP contribution in [-0.2, 0) is 9.98 Å². The summed E-state index contributed by atoms with van der Waals surface area (Å²) in [5.41, 5.74) is 6.68. The average Bonchev–Trinajstić information content (AvgIpc) is 3.49. The molecule has 3 heteroatoms. The van der Waals surface area contributed by atoms with Crippen LogP contribution < -0.4 is 15.9 Å². The quantitative estimate of drug-likeness (QED) is 0.204. The van der Waals surface area contributed by atoms with Crippen LogP contribution in [0.4, 0.5) is 0 Å². The molecule has 40 heavy (non-hydrogen) atoms. The lowest BCUT2D eigenvalue weighted by Crippen LogP contribution is -2.32. The summed E-state index contributed by atoms with van der Waals surface area (Å²) >= 11 is 1.84. The number of rotatable bonds is 3. The van der Waals surface area contributed by atoms with E-state index in [0.717, 1.165) is 21.5 Å². The van der Waals surface area contributed by atoms with Gasteiger partial charge in [-0.25, -0.2) is 0 Å². The van der Waals surface area contributed by atoms with Gasteiger partial charge in [0.1, 0.15) is 0 Å². The van der Waals surface area contributed by atoms with E-state index in [4.69, 9.17) is 0 Å². The van der Waals surface area contributed by atoms with Crippen LogP contribution in [0.25, 0.3) is 31.3 Å². The molecule has 0 spiro atoms. The molecule has 1 nitrogen and oxygen atoms in total. The van der Waals surface area contributed by atoms with E-state index in [1.54, 1.807) is 0 Å². The maximum atomic E-state index is 15.6.